The van der Waals surface area contributed by atoms with Gasteiger partial charge in [-0.15, -0.1) is 0 Å². The van der Waals surface area contributed by atoms with Gasteiger partial charge in [0.15, 0.2) is 0 Å². The highest BCUT2D eigenvalue weighted by molar-refractivity contribution is 5.96. The average Bonchev–Trinajstić information content (AvgIpc) is 3.25. The van der Waals surface area contributed by atoms with Gasteiger partial charge < -0.3 is 10.2 Å². The van der Waals surface area contributed by atoms with Crippen molar-refractivity contribution in [3.8, 4) is 11.3 Å². The van der Waals surface area contributed by atoms with Crippen LogP contribution in [-0.2, 0) is 9.59 Å². The fraction of sp³-hybridized carbons (Fsp3) is 0.207. The average molecular weight is 483 g/mol. The number of piperidine rings is 1. The minimum Gasteiger partial charge on any atom is -0.339 e. The Morgan fingerprint density at radius 1 is 1.03 bits per heavy atom. The maximum Gasteiger partial charge on any atom is 0.246 e. The van der Waals surface area contributed by atoms with Gasteiger partial charge in [-0.1, -0.05) is 30.3 Å². The number of amides is 2. The van der Waals surface area contributed by atoms with Crippen molar-refractivity contribution in [2.45, 2.75) is 19.8 Å². The lowest BCUT2D eigenvalue weighted by Crippen LogP contribution is -2.40. The molecule has 0 radical (unpaired) electrons. The molecule has 2 amide bonds. The highest BCUT2D eigenvalue weighted by atomic mass is 19.1. The Balaban J connectivity index is 1.29. The summed E-state index contributed by atoms with van der Waals surface area (Å²) in [5.41, 5.74) is 4.04. The van der Waals surface area contributed by atoms with E-state index in [-0.39, 0.29) is 23.5 Å². The van der Waals surface area contributed by atoms with Crippen LogP contribution in [0.3, 0.4) is 0 Å². The third-order valence-corrected chi connectivity index (χ3v) is 6.54. The first-order valence-corrected chi connectivity index (χ1v) is 12.1. The first-order valence-electron chi connectivity index (χ1n) is 12.1. The summed E-state index contributed by atoms with van der Waals surface area (Å²) < 4.78 is 15.4. The molecule has 1 N–H and O–H groups in total. The number of nitrogens with one attached hydrogen (secondary N) is 1. The molecule has 0 unspecified atom stereocenters. The molecular formula is C29H27FN4O2. The van der Waals surface area contributed by atoms with Crippen LogP contribution in [0, 0.1) is 18.7 Å². The molecule has 0 bridgehead atoms. The third-order valence-electron chi connectivity index (χ3n) is 6.54. The first kappa shape index (κ1) is 23.5. The van der Waals surface area contributed by atoms with Crippen molar-refractivity contribution in [2.24, 2.45) is 5.92 Å². The lowest BCUT2D eigenvalue weighted by atomic mass is 9.95. The summed E-state index contributed by atoms with van der Waals surface area (Å²) in [4.78, 5) is 32.4. The van der Waals surface area contributed by atoms with Crippen molar-refractivity contribution in [3.05, 3.63) is 95.9 Å². The molecule has 1 fully saturated rings. The van der Waals surface area contributed by atoms with Crippen molar-refractivity contribution in [1.82, 2.24) is 14.3 Å². The predicted molar refractivity (Wildman–Crippen MR) is 139 cm³/mol. The van der Waals surface area contributed by atoms with Crippen LogP contribution < -0.4 is 5.32 Å². The predicted octanol–water partition coefficient (Wildman–Crippen LogP) is 5.34. The van der Waals surface area contributed by atoms with Crippen LogP contribution >= 0.6 is 0 Å². The van der Waals surface area contributed by atoms with Crippen LogP contribution in [0.15, 0.2) is 79.0 Å². The van der Waals surface area contributed by atoms with E-state index in [1.807, 2.05) is 66.1 Å². The molecule has 0 aliphatic carbocycles. The highest BCUT2D eigenvalue weighted by Crippen LogP contribution is 2.30. The quantitative estimate of drug-likeness (QED) is 0.391. The summed E-state index contributed by atoms with van der Waals surface area (Å²) in [6, 6.07) is 19.7. The highest BCUT2D eigenvalue weighted by Gasteiger charge is 2.28. The van der Waals surface area contributed by atoms with E-state index in [1.165, 1.54) is 12.1 Å². The van der Waals surface area contributed by atoms with Crippen LogP contribution in [-0.4, -0.2) is 39.2 Å². The van der Waals surface area contributed by atoms with Crippen molar-refractivity contribution in [1.29, 1.82) is 0 Å². The second-order valence-electron chi connectivity index (χ2n) is 9.08. The molecule has 1 aliphatic heterocycles. The zero-order valence-electron chi connectivity index (χ0n) is 20.0. The molecule has 182 valence electrons. The summed E-state index contributed by atoms with van der Waals surface area (Å²) in [6.07, 6.45) is 6.44. The fourth-order valence-electron chi connectivity index (χ4n) is 4.49. The summed E-state index contributed by atoms with van der Waals surface area (Å²) >= 11 is 0. The molecule has 1 aliphatic rings. The van der Waals surface area contributed by atoms with E-state index < -0.39 is 0 Å². The van der Waals surface area contributed by atoms with Gasteiger partial charge in [0, 0.05) is 36.8 Å². The van der Waals surface area contributed by atoms with Crippen molar-refractivity contribution in [2.75, 3.05) is 18.4 Å². The Morgan fingerprint density at radius 3 is 2.47 bits per heavy atom. The molecule has 1 saturated heterocycles. The lowest BCUT2D eigenvalue weighted by molar-refractivity contribution is -0.130. The number of aromatic nitrogens is 2. The maximum atomic E-state index is 13.5. The summed E-state index contributed by atoms with van der Waals surface area (Å²) in [6.45, 7) is 3.02. The van der Waals surface area contributed by atoms with Gasteiger partial charge in [-0.25, -0.2) is 9.37 Å². The number of benzene rings is 2. The Bertz CT molecular complexity index is 1420. The molecular weight excluding hydrogens is 455 g/mol. The van der Waals surface area contributed by atoms with Crippen LogP contribution in [0.4, 0.5) is 10.2 Å². The summed E-state index contributed by atoms with van der Waals surface area (Å²) in [5.74, 6) is -0.139. The van der Waals surface area contributed by atoms with E-state index in [2.05, 4.69) is 5.32 Å². The molecule has 3 heterocycles. The van der Waals surface area contributed by atoms with Crippen molar-refractivity contribution >= 4 is 29.4 Å². The largest absolute Gasteiger partial charge is 0.339 e. The number of imidazole rings is 1. The van der Waals surface area contributed by atoms with E-state index in [4.69, 9.17) is 4.98 Å². The summed E-state index contributed by atoms with van der Waals surface area (Å²) in [7, 11) is 0. The van der Waals surface area contributed by atoms with Gasteiger partial charge in [0.05, 0.1) is 0 Å². The van der Waals surface area contributed by atoms with E-state index >= 15 is 0 Å². The zero-order chi connectivity index (χ0) is 25.1. The SMILES string of the molecule is Cc1ccn2c(NC(=O)C3CCN(C(=O)C=Cc4ccccc4)CC3)c(-c3ccc(F)cc3)nc2c1. The molecule has 2 aromatic carbocycles. The molecule has 4 aromatic rings. The van der Waals surface area contributed by atoms with Gasteiger partial charge in [0.1, 0.15) is 23.0 Å². The molecule has 0 saturated carbocycles. The van der Waals surface area contributed by atoms with E-state index in [1.54, 1.807) is 23.1 Å². The normalized spacial score (nSPS) is 14.4. The van der Waals surface area contributed by atoms with Crippen LogP contribution in [0.5, 0.6) is 0 Å². The minimum atomic E-state index is -0.330. The van der Waals surface area contributed by atoms with E-state index in [9.17, 15) is 14.0 Å². The molecule has 6 nitrogen and oxygen atoms in total. The van der Waals surface area contributed by atoms with Gasteiger partial charge in [0.25, 0.3) is 0 Å². The number of fused-ring (bicyclic) bond motifs is 1. The van der Waals surface area contributed by atoms with Gasteiger partial charge in [0.2, 0.25) is 11.8 Å². The number of aryl methyl sites for hydroxylation is 1. The number of carbonyl (C=O) groups is 2. The number of nitrogens with zero attached hydrogens (tertiary/aromatic N) is 3. The minimum absolute atomic E-state index is 0.0477. The third kappa shape index (κ3) is 5.05. The number of carbonyl (C=O) groups excluding carboxylic acids is 2. The van der Waals surface area contributed by atoms with Gasteiger partial charge in [-0.3, -0.25) is 14.0 Å². The fourth-order valence-corrected chi connectivity index (χ4v) is 4.49. The Morgan fingerprint density at radius 2 is 1.75 bits per heavy atom. The van der Waals surface area contributed by atoms with Crippen LogP contribution in [0.2, 0.25) is 0 Å². The monoisotopic (exact) mass is 482 g/mol. The van der Waals surface area contributed by atoms with E-state index in [0.29, 0.717) is 43.1 Å². The number of halogens is 1. The molecule has 2 aromatic heterocycles. The summed E-state index contributed by atoms with van der Waals surface area (Å²) in [5, 5.41) is 3.08. The number of hydrogen-bond acceptors (Lipinski definition) is 3. The molecule has 5 rings (SSSR count). The van der Waals surface area contributed by atoms with E-state index in [0.717, 1.165) is 16.7 Å². The zero-order valence-corrected chi connectivity index (χ0v) is 20.0. The standard InChI is InChI=1S/C29H27FN4O2/c1-20-13-18-34-25(19-20)31-27(22-8-10-24(30)11-9-22)28(34)32-29(36)23-14-16-33(17-15-23)26(35)12-7-21-5-3-2-4-6-21/h2-13,18-19,23H,14-17H2,1H3,(H,32,36). The Kier molecular flexibility index (Phi) is 6.62. The Hall–Kier alpha value is -4.26. The number of likely N-dealkylation sites (tertiary alicyclic amines) is 1. The van der Waals surface area contributed by atoms with Crippen molar-refractivity contribution in [3.63, 3.8) is 0 Å². The smallest absolute Gasteiger partial charge is 0.246 e. The maximum absolute atomic E-state index is 13.5. The number of pyridine rings is 1. The van der Waals surface area contributed by atoms with Crippen LogP contribution in [0.1, 0.15) is 24.0 Å². The number of anilines is 1. The lowest BCUT2D eigenvalue weighted by Gasteiger charge is -2.30. The Labute approximate surface area is 209 Å². The van der Waals surface area contributed by atoms with Gasteiger partial charge >= 0.3 is 0 Å². The van der Waals surface area contributed by atoms with Crippen LogP contribution in [0.25, 0.3) is 23.0 Å². The first-order chi connectivity index (χ1) is 17.5. The van der Waals surface area contributed by atoms with Gasteiger partial charge in [-0.05, 0) is 73.4 Å². The second kappa shape index (κ2) is 10.2. The molecule has 7 heteroatoms. The topological polar surface area (TPSA) is 66.7 Å². The molecule has 36 heavy (non-hydrogen) atoms. The number of rotatable bonds is 5. The second-order valence-corrected chi connectivity index (χ2v) is 9.08. The van der Waals surface area contributed by atoms with Crippen molar-refractivity contribution < 1.29 is 14.0 Å². The molecule has 0 spiro atoms. The molecule has 0 atom stereocenters. The van der Waals surface area contributed by atoms with Gasteiger partial charge in [-0.2, -0.15) is 0 Å². The number of hydrogen-bond donors (Lipinski definition) is 1.